The van der Waals surface area contributed by atoms with Crippen molar-refractivity contribution in [1.29, 1.82) is 0 Å². The van der Waals surface area contributed by atoms with Crippen LogP contribution in [0.2, 0.25) is 0 Å². The maximum atomic E-state index is 5.82. The molecule has 0 atom stereocenters. The number of furan rings is 1. The molecule has 1 aromatic carbocycles. The van der Waals surface area contributed by atoms with Crippen LogP contribution in [0, 0.1) is 0 Å². The predicted molar refractivity (Wildman–Crippen MR) is 90.4 cm³/mol. The van der Waals surface area contributed by atoms with Crippen molar-refractivity contribution in [2.24, 2.45) is 0 Å². The molecule has 0 saturated carbocycles. The maximum Gasteiger partial charge on any atom is 0.135 e. The summed E-state index contributed by atoms with van der Waals surface area (Å²) in [5.74, 6) is 1.78. The van der Waals surface area contributed by atoms with E-state index in [9.17, 15) is 0 Å². The fraction of sp³-hybridized carbons (Fsp3) is 0.286. The first-order valence-corrected chi connectivity index (χ1v) is 7.53. The topological polar surface area (TPSA) is 34.4 Å². The van der Waals surface area contributed by atoms with E-state index in [1.165, 1.54) is 0 Å². The molecule has 1 heterocycles. The van der Waals surface area contributed by atoms with Crippen molar-refractivity contribution < 1.29 is 9.15 Å². The number of methoxy groups -OCH3 is 1. The molecular formula is C14H16Br2ClNO2. The molecule has 0 spiro atoms. The summed E-state index contributed by atoms with van der Waals surface area (Å²) in [7, 11) is 1.69. The molecule has 0 bridgehead atoms. The summed E-state index contributed by atoms with van der Waals surface area (Å²) in [6, 6.07) is 10.0. The van der Waals surface area contributed by atoms with Gasteiger partial charge in [0.25, 0.3) is 0 Å². The molecule has 0 saturated heterocycles. The van der Waals surface area contributed by atoms with Crippen LogP contribution in [-0.2, 0) is 11.3 Å². The number of hydrogen-bond donors (Lipinski definition) is 1. The van der Waals surface area contributed by atoms with Crippen LogP contribution in [0.1, 0.15) is 5.76 Å². The van der Waals surface area contributed by atoms with E-state index in [1.807, 2.05) is 30.3 Å². The van der Waals surface area contributed by atoms with Crippen LogP contribution < -0.4 is 5.32 Å². The Bertz CT molecular complexity index is 546. The molecule has 1 N–H and O–H groups in total. The number of hydrogen-bond acceptors (Lipinski definition) is 3. The molecule has 0 unspecified atom stereocenters. The largest absolute Gasteiger partial charge is 0.460 e. The fourth-order valence-electron chi connectivity index (χ4n) is 1.69. The van der Waals surface area contributed by atoms with E-state index < -0.39 is 0 Å². The minimum atomic E-state index is 0. The lowest BCUT2D eigenvalue weighted by atomic mass is 10.2. The molecule has 0 fully saturated rings. The van der Waals surface area contributed by atoms with Crippen LogP contribution in [0.4, 0.5) is 0 Å². The number of halogens is 3. The molecule has 0 aliphatic heterocycles. The van der Waals surface area contributed by atoms with E-state index in [0.29, 0.717) is 13.2 Å². The molecule has 20 heavy (non-hydrogen) atoms. The van der Waals surface area contributed by atoms with Gasteiger partial charge >= 0.3 is 0 Å². The third kappa shape index (κ3) is 4.90. The molecule has 2 rings (SSSR count). The number of nitrogens with one attached hydrogen (secondary N) is 1. The summed E-state index contributed by atoms with van der Waals surface area (Å²) >= 11 is 6.98. The average molecular weight is 426 g/mol. The third-order valence-electron chi connectivity index (χ3n) is 2.64. The Morgan fingerprint density at radius 3 is 2.70 bits per heavy atom. The smallest absolute Gasteiger partial charge is 0.135 e. The number of ether oxygens (including phenoxy) is 1. The lowest BCUT2D eigenvalue weighted by Crippen LogP contribution is -2.18. The lowest BCUT2D eigenvalue weighted by molar-refractivity contribution is 0.198. The summed E-state index contributed by atoms with van der Waals surface area (Å²) in [5.41, 5.74) is 1.05. The van der Waals surface area contributed by atoms with Crippen molar-refractivity contribution in [2.75, 3.05) is 20.3 Å². The summed E-state index contributed by atoms with van der Waals surface area (Å²) < 4.78 is 12.8. The van der Waals surface area contributed by atoms with Gasteiger partial charge in [-0.25, -0.2) is 0 Å². The zero-order valence-electron chi connectivity index (χ0n) is 11.0. The molecular weight excluding hydrogens is 409 g/mol. The highest BCUT2D eigenvalue weighted by Crippen LogP contribution is 2.31. The van der Waals surface area contributed by atoms with Gasteiger partial charge in [-0.3, -0.25) is 0 Å². The minimum absolute atomic E-state index is 0. The molecule has 0 radical (unpaired) electrons. The molecule has 0 amide bonds. The second-order valence-corrected chi connectivity index (χ2v) is 5.83. The van der Waals surface area contributed by atoms with Gasteiger partial charge in [0.1, 0.15) is 11.5 Å². The molecule has 3 nitrogen and oxygen atoms in total. The van der Waals surface area contributed by atoms with E-state index in [0.717, 1.165) is 32.6 Å². The van der Waals surface area contributed by atoms with Crippen LogP contribution in [0.25, 0.3) is 11.3 Å². The molecule has 110 valence electrons. The molecule has 0 aliphatic carbocycles. The Kier molecular flexibility index (Phi) is 7.84. The van der Waals surface area contributed by atoms with Crippen molar-refractivity contribution in [3.05, 3.63) is 45.0 Å². The third-order valence-corrected chi connectivity index (χ3v) is 3.79. The van der Waals surface area contributed by atoms with Gasteiger partial charge in [0, 0.05) is 28.2 Å². The van der Waals surface area contributed by atoms with Gasteiger partial charge in [0.05, 0.1) is 13.2 Å². The monoisotopic (exact) mass is 423 g/mol. The Morgan fingerprint density at radius 2 is 2.00 bits per heavy atom. The SMILES string of the molecule is COCCNCc1ccc(-c2ccc(Br)cc2Br)o1.Cl. The van der Waals surface area contributed by atoms with E-state index in [2.05, 4.69) is 37.2 Å². The van der Waals surface area contributed by atoms with E-state index >= 15 is 0 Å². The Hall–Kier alpha value is -0.330. The Morgan fingerprint density at radius 1 is 1.20 bits per heavy atom. The van der Waals surface area contributed by atoms with Gasteiger partial charge in [-0.1, -0.05) is 15.9 Å². The van der Waals surface area contributed by atoms with Crippen LogP contribution >= 0.6 is 44.3 Å². The van der Waals surface area contributed by atoms with Crippen LogP contribution in [0.3, 0.4) is 0 Å². The van der Waals surface area contributed by atoms with Crippen molar-refractivity contribution in [1.82, 2.24) is 5.32 Å². The molecule has 2 aromatic rings. The van der Waals surface area contributed by atoms with Crippen LogP contribution in [0.5, 0.6) is 0 Å². The summed E-state index contributed by atoms with van der Waals surface area (Å²) in [6.45, 7) is 2.22. The zero-order chi connectivity index (χ0) is 13.7. The Balaban J connectivity index is 0.00000200. The van der Waals surface area contributed by atoms with Gasteiger partial charge in [-0.05, 0) is 46.3 Å². The van der Waals surface area contributed by atoms with Crippen LogP contribution in [0.15, 0.2) is 43.7 Å². The summed E-state index contributed by atoms with van der Waals surface area (Å²) in [4.78, 5) is 0. The predicted octanol–water partition coefficient (Wildman–Crippen LogP) is 4.63. The zero-order valence-corrected chi connectivity index (χ0v) is 15.0. The van der Waals surface area contributed by atoms with Crippen LogP contribution in [-0.4, -0.2) is 20.3 Å². The highest BCUT2D eigenvalue weighted by molar-refractivity contribution is 9.11. The van der Waals surface area contributed by atoms with Gasteiger partial charge in [0.2, 0.25) is 0 Å². The number of benzene rings is 1. The quantitative estimate of drug-likeness (QED) is 0.686. The molecule has 6 heteroatoms. The summed E-state index contributed by atoms with van der Waals surface area (Å²) in [5, 5.41) is 3.25. The maximum absolute atomic E-state index is 5.82. The molecule has 1 aromatic heterocycles. The van der Waals surface area contributed by atoms with E-state index in [1.54, 1.807) is 7.11 Å². The summed E-state index contributed by atoms with van der Waals surface area (Å²) in [6.07, 6.45) is 0. The lowest BCUT2D eigenvalue weighted by Gasteiger charge is -2.03. The second-order valence-electron chi connectivity index (χ2n) is 4.06. The number of rotatable bonds is 6. The fourth-order valence-corrected chi connectivity index (χ4v) is 2.94. The highest BCUT2D eigenvalue weighted by atomic mass is 79.9. The second kappa shape index (κ2) is 8.85. The van der Waals surface area contributed by atoms with E-state index in [-0.39, 0.29) is 12.4 Å². The first-order chi connectivity index (χ1) is 9.20. The standard InChI is InChI=1S/C14H15Br2NO2.ClH/c1-18-7-6-17-9-11-3-5-14(19-11)12-4-2-10(15)8-13(12)16;/h2-5,8,17H,6-7,9H2,1H3;1H. The van der Waals surface area contributed by atoms with Gasteiger partial charge < -0.3 is 14.5 Å². The minimum Gasteiger partial charge on any atom is -0.460 e. The van der Waals surface area contributed by atoms with Gasteiger partial charge in [-0.15, -0.1) is 12.4 Å². The van der Waals surface area contributed by atoms with Crippen molar-refractivity contribution in [2.45, 2.75) is 6.54 Å². The van der Waals surface area contributed by atoms with E-state index in [4.69, 9.17) is 9.15 Å². The van der Waals surface area contributed by atoms with Crippen molar-refractivity contribution in [3.63, 3.8) is 0 Å². The highest BCUT2D eigenvalue weighted by Gasteiger charge is 2.08. The van der Waals surface area contributed by atoms with Gasteiger partial charge in [-0.2, -0.15) is 0 Å². The normalized spacial score (nSPS) is 10.3. The van der Waals surface area contributed by atoms with Crippen molar-refractivity contribution in [3.8, 4) is 11.3 Å². The average Bonchev–Trinajstić information content (AvgIpc) is 2.83. The Labute approximate surface area is 141 Å². The first kappa shape index (κ1) is 17.7. The van der Waals surface area contributed by atoms with Gasteiger partial charge in [0.15, 0.2) is 0 Å². The molecule has 0 aliphatic rings. The van der Waals surface area contributed by atoms with Crippen molar-refractivity contribution >= 4 is 44.3 Å². The first-order valence-electron chi connectivity index (χ1n) is 5.94.